The zero-order valence-electron chi connectivity index (χ0n) is 19.5. The highest BCUT2D eigenvalue weighted by Gasteiger charge is 2.12. The molecule has 0 saturated carbocycles. The second-order valence-corrected chi connectivity index (χ2v) is 9.16. The molecule has 3 aromatic carbocycles. The maximum atomic E-state index is 13.3. The predicted molar refractivity (Wildman–Crippen MR) is 137 cm³/mol. The Labute approximate surface area is 213 Å². The lowest BCUT2D eigenvalue weighted by atomic mass is 10.1. The Hall–Kier alpha value is -3.35. The molecule has 8 heteroatoms. The van der Waals surface area contributed by atoms with Crippen molar-refractivity contribution in [1.82, 2.24) is 9.78 Å². The lowest BCUT2D eigenvalue weighted by molar-refractivity contribution is 0.102. The zero-order chi connectivity index (χ0) is 25.1. The van der Waals surface area contributed by atoms with Gasteiger partial charge in [0, 0.05) is 27.4 Å². The molecule has 4 aromatic rings. The van der Waals surface area contributed by atoms with Gasteiger partial charge in [-0.1, -0.05) is 41.4 Å². The van der Waals surface area contributed by atoms with Crippen LogP contribution in [0.1, 0.15) is 38.3 Å². The van der Waals surface area contributed by atoms with Gasteiger partial charge in [0.25, 0.3) is 5.91 Å². The zero-order valence-corrected chi connectivity index (χ0v) is 21.0. The molecule has 0 fully saturated rings. The molecular weight excluding hydrogens is 488 g/mol. The fourth-order valence-electron chi connectivity index (χ4n) is 3.64. The van der Waals surface area contributed by atoms with Crippen LogP contribution in [0.4, 0.5) is 10.2 Å². The molecule has 1 amide bonds. The predicted octanol–water partition coefficient (Wildman–Crippen LogP) is 7.13. The molecule has 0 atom stereocenters. The molecule has 1 heterocycles. The lowest BCUT2D eigenvalue weighted by Gasteiger charge is -2.10. The molecule has 0 unspecified atom stereocenters. The molecule has 35 heavy (non-hydrogen) atoms. The maximum absolute atomic E-state index is 13.3. The van der Waals surface area contributed by atoms with Crippen molar-refractivity contribution < 1.29 is 13.9 Å². The number of amides is 1. The van der Waals surface area contributed by atoms with Crippen LogP contribution in [0.2, 0.25) is 10.0 Å². The van der Waals surface area contributed by atoms with Crippen molar-refractivity contribution in [3.05, 3.63) is 110 Å². The summed E-state index contributed by atoms with van der Waals surface area (Å²) in [5.41, 5.74) is 4.93. The highest BCUT2D eigenvalue weighted by Crippen LogP contribution is 2.26. The smallest absolute Gasteiger partial charge is 0.256 e. The van der Waals surface area contributed by atoms with Crippen LogP contribution in [0.3, 0.4) is 0 Å². The highest BCUT2D eigenvalue weighted by molar-refractivity contribution is 6.32. The SMILES string of the molecule is Cc1cc(OCc2ccc(C(=O)Nc3cc(C)n(Cc4ccc(F)cc4Cl)n3)cc2)cc(C)c1Cl. The molecule has 1 N–H and O–H groups in total. The number of hydrogen-bond acceptors (Lipinski definition) is 3. The molecule has 0 aliphatic rings. The van der Waals surface area contributed by atoms with Gasteiger partial charge in [-0.2, -0.15) is 5.10 Å². The van der Waals surface area contributed by atoms with Gasteiger partial charge in [0.15, 0.2) is 5.82 Å². The van der Waals surface area contributed by atoms with Crippen molar-refractivity contribution in [2.45, 2.75) is 33.9 Å². The first-order valence-electron chi connectivity index (χ1n) is 11.0. The number of aryl methyl sites for hydroxylation is 3. The largest absolute Gasteiger partial charge is 0.489 e. The third-order valence-electron chi connectivity index (χ3n) is 5.59. The maximum Gasteiger partial charge on any atom is 0.256 e. The van der Waals surface area contributed by atoms with Crippen LogP contribution in [0.25, 0.3) is 0 Å². The summed E-state index contributed by atoms with van der Waals surface area (Å²) in [4.78, 5) is 12.7. The van der Waals surface area contributed by atoms with Crippen LogP contribution in [0, 0.1) is 26.6 Å². The summed E-state index contributed by atoms with van der Waals surface area (Å²) in [5, 5.41) is 8.33. The number of halogens is 3. The second kappa shape index (κ2) is 10.5. The fourth-order valence-corrected chi connectivity index (χ4v) is 3.98. The standard InChI is InChI=1S/C27H24Cl2FN3O2/c1-16-10-23(11-17(2)26(16)29)35-15-19-4-6-20(7-5-19)27(34)31-25-12-18(3)33(32-25)14-21-8-9-22(30)13-24(21)28/h4-13H,14-15H2,1-3H3,(H,31,32,34). The van der Waals surface area contributed by atoms with Crippen molar-refractivity contribution in [3.8, 4) is 5.75 Å². The summed E-state index contributed by atoms with van der Waals surface area (Å²) in [6.45, 7) is 6.49. The minimum Gasteiger partial charge on any atom is -0.489 e. The number of rotatable bonds is 7. The number of carbonyl (C=O) groups is 1. The van der Waals surface area contributed by atoms with E-state index in [1.54, 1.807) is 28.9 Å². The van der Waals surface area contributed by atoms with Crippen LogP contribution >= 0.6 is 23.2 Å². The number of ether oxygens (including phenoxy) is 1. The number of hydrogen-bond donors (Lipinski definition) is 1. The van der Waals surface area contributed by atoms with E-state index in [2.05, 4.69) is 10.4 Å². The average Bonchev–Trinajstić information content (AvgIpc) is 3.16. The van der Waals surface area contributed by atoms with Crippen LogP contribution in [0.5, 0.6) is 5.75 Å². The highest BCUT2D eigenvalue weighted by atomic mass is 35.5. The number of anilines is 1. The van der Waals surface area contributed by atoms with Gasteiger partial charge in [-0.3, -0.25) is 9.48 Å². The van der Waals surface area contributed by atoms with Gasteiger partial charge in [0.2, 0.25) is 0 Å². The molecule has 180 valence electrons. The molecule has 0 bridgehead atoms. The van der Waals surface area contributed by atoms with E-state index in [9.17, 15) is 9.18 Å². The number of nitrogens with one attached hydrogen (secondary N) is 1. The molecule has 1 aromatic heterocycles. The normalized spacial score (nSPS) is 10.9. The van der Waals surface area contributed by atoms with Crippen molar-refractivity contribution in [3.63, 3.8) is 0 Å². The summed E-state index contributed by atoms with van der Waals surface area (Å²) in [7, 11) is 0. The number of carbonyl (C=O) groups excluding carboxylic acids is 1. The van der Waals surface area contributed by atoms with Crippen molar-refractivity contribution in [2.75, 3.05) is 5.32 Å². The van der Waals surface area contributed by atoms with Gasteiger partial charge >= 0.3 is 0 Å². The van der Waals surface area contributed by atoms with E-state index in [1.807, 2.05) is 45.0 Å². The Balaban J connectivity index is 1.37. The molecule has 0 spiro atoms. The average molecular weight is 512 g/mol. The summed E-state index contributed by atoms with van der Waals surface area (Å²) in [6.07, 6.45) is 0. The lowest BCUT2D eigenvalue weighted by Crippen LogP contribution is -2.13. The third kappa shape index (κ3) is 6.02. The summed E-state index contributed by atoms with van der Waals surface area (Å²) in [6, 6.07) is 17.0. The minimum atomic E-state index is -0.392. The fraction of sp³-hybridized carbons (Fsp3) is 0.185. The van der Waals surface area contributed by atoms with Crippen LogP contribution in [-0.2, 0) is 13.2 Å². The Morgan fingerprint density at radius 3 is 2.34 bits per heavy atom. The van der Waals surface area contributed by atoms with Crippen molar-refractivity contribution in [1.29, 1.82) is 0 Å². The van der Waals surface area contributed by atoms with Crippen molar-refractivity contribution >= 4 is 34.9 Å². The first-order valence-corrected chi connectivity index (χ1v) is 11.7. The molecule has 0 aliphatic heterocycles. The number of nitrogens with zero attached hydrogens (tertiary/aromatic N) is 2. The third-order valence-corrected chi connectivity index (χ3v) is 6.54. The van der Waals surface area contributed by atoms with Gasteiger partial charge in [0.05, 0.1) is 6.54 Å². The first-order chi connectivity index (χ1) is 16.7. The van der Waals surface area contributed by atoms with Crippen LogP contribution in [-0.4, -0.2) is 15.7 Å². The van der Waals surface area contributed by atoms with E-state index in [4.69, 9.17) is 27.9 Å². The second-order valence-electron chi connectivity index (χ2n) is 8.38. The van der Waals surface area contributed by atoms with E-state index in [-0.39, 0.29) is 5.91 Å². The summed E-state index contributed by atoms with van der Waals surface area (Å²) in [5.74, 6) is 0.508. The van der Waals surface area contributed by atoms with Gasteiger partial charge in [-0.15, -0.1) is 0 Å². The summed E-state index contributed by atoms with van der Waals surface area (Å²) >= 11 is 12.3. The van der Waals surface area contributed by atoms with E-state index >= 15 is 0 Å². The van der Waals surface area contributed by atoms with Crippen LogP contribution < -0.4 is 10.1 Å². The Kier molecular flexibility index (Phi) is 7.43. The van der Waals surface area contributed by atoms with Crippen molar-refractivity contribution in [2.24, 2.45) is 0 Å². The van der Waals surface area contributed by atoms with Gasteiger partial charge in [-0.05, 0) is 79.4 Å². The Morgan fingerprint density at radius 2 is 1.69 bits per heavy atom. The van der Waals surface area contributed by atoms with Gasteiger partial charge < -0.3 is 10.1 Å². The molecule has 5 nitrogen and oxygen atoms in total. The van der Waals surface area contributed by atoms with Gasteiger partial charge in [-0.25, -0.2) is 4.39 Å². The Bertz CT molecular complexity index is 1360. The summed E-state index contributed by atoms with van der Waals surface area (Å²) < 4.78 is 20.9. The number of benzene rings is 3. The number of aromatic nitrogens is 2. The van der Waals surface area contributed by atoms with E-state index < -0.39 is 5.82 Å². The van der Waals surface area contributed by atoms with E-state index in [0.29, 0.717) is 29.6 Å². The van der Waals surface area contributed by atoms with Crippen LogP contribution in [0.15, 0.2) is 60.7 Å². The van der Waals surface area contributed by atoms with Gasteiger partial charge in [0.1, 0.15) is 18.2 Å². The van der Waals surface area contributed by atoms with E-state index in [0.717, 1.165) is 38.7 Å². The molecular formula is C27H24Cl2FN3O2. The molecule has 0 aliphatic carbocycles. The Morgan fingerprint density at radius 1 is 1.00 bits per heavy atom. The molecule has 4 rings (SSSR count). The molecule has 0 saturated heterocycles. The quantitative estimate of drug-likeness (QED) is 0.287. The first kappa shape index (κ1) is 24.8. The van der Waals surface area contributed by atoms with E-state index in [1.165, 1.54) is 12.1 Å². The topological polar surface area (TPSA) is 56.1 Å². The minimum absolute atomic E-state index is 0.272. The molecule has 0 radical (unpaired) electrons. The monoisotopic (exact) mass is 511 g/mol.